The molecule has 4 heteroatoms. The van der Waals surface area contributed by atoms with Crippen LogP contribution in [0.2, 0.25) is 0 Å². The molecule has 4 nitrogen and oxygen atoms in total. The van der Waals surface area contributed by atoms with E-state index in [1.54, 1.807) is 0 Å². The van der Waals surface area contributed by atoms with Crippen LogP contribution in [0.25, 0.3) is 10.8 Å². The Labute approximate surface area is 169 Å². The number of fused-ring (bicyclic) bond motifs is 1. The predicted octanol–water partition coefficient (Wildman–Crippen LogP) is 5.31. The second kappa shape index (κ2) is 9.42. The smallest absolute Gasteiger partial charge is 0.407 e. The molecule has 1 fully saturated rings. The molecular formula is C24H34N2O2. The van der Waals surface area contributed by atoms with E-state index in [-0.39, 0.29) is 12.0 Å². The van der Waals surface area contributed by atoms with Gasteiger partial charge in [0.05, 0.1) is 12.1 Å². The summed E-state index contributed by atoms with van der Waals surface area (Å²) in [6, 6.07) is 14.8. The Hall–Kier alpha value is -2.07. The molecule has 0 spiro atoms. The fraction of sp³-hybridized carbons (Fsp3) is 0.542. The maximum atomic E-state index is 12.6. The molecule has 1 aliphatic rings. The lowest BCUT2D eigenvalue weighted by molar-refractivity contribution is 0.114. The number of ether oxygens (including phenoxy) is 1. The first-order valence-electron chi connectivity index (χ1n) is 10.7. The van der Waals surface area contributed by atoms with Gasteiger partial charge in [0, 0.05) is 6.54 Å². The lowest BCUT2D eigenvalue weighted by atomic mass is 9.75. The molecule has 1 heterocycles. The lowest BCUT2D eigenvalue weighted by Gasteiger charge is -2.41. The van der Waals surface area contributed by atoms with E-state index in [1.165, 1.54) is 35.6 Å². The van der Waals surface area contributed by atoms with E-state index >= 15 is 0 Å². The van der Waals surface area contributed by atoms with E-state index in [4.69, 9.17) is 4.74 Å². The summed E-state index contributed by atoms with van der Waals surface area (Å²) in [4.78, 5) is 15.1. The quantitative estimate of drug-likeness (QED) is 0.705. The zero-order chi connectivity index (χ0) is 20.0. The fourth-order valence-corrected chi connectivity index (χ4v) is 4.49. The maximum Gasteiger partial charge on any atom is 0.407 e. The molecule has 1 N–H and O–H groups in total. The highest BCUT2D eigenvalue weighted by atomic mass is 16.5. The molecular weight excluding hydrogens is 348 g/mol. The topological polar surface area (TPSA) is 41.6 Å². The van der Waals surface area contributed by atoms with Crippen molar-refractivity contribution in [2.24, 2.45) is 5.92 Å². The van der Waals surface area contributed by atoms with Gasteiger partial charge >= 0.3 is 6.09 Å². The van der Waals surface area contributed by atoms with Gasteiger partial charge in [-0.05, 0) is 61.5 Å². The van der Waals surface area contributed by atoms with E-state index in [2.05, 4.69) is 66.5 Å². The van der Waals surface area contributed by atoms with Crippen molar-refractivity contribution < 1.29 is 9.53 Å². The number of rotatable bonds is 7. The van der Waals surface area contributed by atoms with Crippen molar-refractivity contribution in [3.8, 4) is 0 Å². The summed E-state index contributed by atoms with van der Waals surface area (Å²) in [5.41, 5.74) is 0.718. The molecule has 2 aromatic rings. The number of nitrogens with zero attached hydrogens (tertiary/aromatic N) is 1. The minimum atomic E-state index is -0.468. The summed E-state index contributed by atoms with van der Waals surface area (Å²) in [6.45, 7) is 9.92. The summed E-state index contributed by atoms with van der Waals surface area (Å²) in [7, 11) is 0. The molecule has 1 unspecified atom stereocenters. The third-order valence-corrected chi connectivity index (χ3v) is 6.13. The van der Waals surface area contributed by atoms with Crippen molar-refractivity contribution in [2.45, 2.75) is 52.0 Å². The molecule has 0 bridgehead atoms. The Kier molecular flexibility index (Phi) is 6.95. The summed E-state index contributed by atoms with van der Waals surface area (Å²) in [5.74, 6) is 0.229. The Morgan fingerprint density at radius 3 is 2.54 bits per heavy atom. The van der Waals surface area contributed by atoms with Gasteiger partial charge in [0.25, 0.3) is 0 Å². The lowest BCUT2D eigenvalue weighted by Crippen LogP contribution is -2.52. The van der Waals surface area contributed by atoms with Gasteiger partial charge in [0.1, 0.15) is 0 Å². The Bertz CT molecular complexity index is 778. The van der Waals surface area contributed by atoms with Crippen molar-refractivity contribution >= 4 is 16.9 Å². The summed E-state index contributed by atoms with van der Waals surface area (Å²) in [5, 5.41) is 5.70. The van der Waals surface area contributed by atoms with Crippen LogP contribution in [-0.2, 0) is 10.3 Å². The van der Waals surface area contributed by atoms with Crippen molar-refractivity contribution in [1.29, 1.82) is 0 Å². The molecule has 1 saturated heterocycles. The van der Waals surface area contributed by atoms with Crippen LogP contribution in [-0.4, -0.2) is 37.2 Å². The minimum absolute atomic E-state index is 0.229. The van der Waals surface area contributed by atoms with E-state index in [1.807, 2.05) is 6.92 Å². The second-order valence-electron chi connectivity index (χ2n) is 8.15. The summed E-state index contributed by atoms with van der Waals surface area (Å²) in [6.07, 6.45) is 4.42. The van der Waals surface area contributed by atoms with Gasteiger partial charge in [0.2, 0.25) is 0 Å². The number of likely N-dealkylation sites (tertiary alicyclic amines) is 1. The van der Waals surface area contributed by atoms with Gasteiger partial charge in [-0.2, -0.15) is 0 Å². The number of alkyl carbamates (subject to hydrolysis) is 1. The van der Waals surface area contributed by atoms with Crippen LogP contribution < -0.4 is 5.32 Å². The average molecular weight is 383 g/mol. The van der Waals surface area contributed by atoms with Crippen LogP contribution in [0.3, 0.4) is 0 Å². The molecule has 3 rings (SSSR count). The highest BCUT2D eigenvalue weighted by Crippen LogP contribution is 2.38. The van der Waals surface area contributed by atoms with Gasteiger partial charge in [-0.1, -0.05) is 62.7 Å². The molecule has 0 aliphatic carbocycles. The zero-order valence-electron chi connectivity index (χ0n) is 17.5. The van der Waals surface area contributed by atoms with E-state index in [0.29, 0.717) is 6.61 Å². The molecule has 28 heavy (non-hydrogen) atoms. The molecule has 1 aliphatic heterocycles. The largest absolute Gasteiger partial charge is 0.450 e. The SMILES string of the molecule is CCOC(=O)NC(CCN1CCCCC1)(c1cccc2ccccc12)C(C)C. The Morgan fingerprint density at radius 1 is 1.11 bits per heavy atom. The van der Waals surface area contributed by atoms with Gasteiger partial charge in [-0.15, -0.1) is 0 Å². The number of piperidine rings is 1. The van der Waals surface area contributed by atoms with Crippen LogP contribution in [0.1, 0.15) is 52.0 Å². The first-order valence-corrected chi connectivity index (χ1v) is 10.7. The minimum Gasteiger partial charge on any atom is -0.450 e. The third-order valence-electron chi connectivity index (χ3n) is 6.13. The predicted molar refractivity (Wildman–Crippen MR) is 116 cm³/mol. The number of carbonyl (C=O) groups is 1. The van der Waals surface area contributed by atoms with Crippen molar-refractivity contribution in [1.82, 2.24) is 10.2 Å². The molecule has 1 amide bonds. The highest BCUT2D eigenvalue weighted by molar-refractivity contribution is 5.87. The fourth-order valence-electron chi connectivity index (χ4n) is 4.49. The normalized spacial score (nSPS) is 17.4. The number of carbonyl (C=O) groups excluding carboxylic acids is 1. The standard InChI is InChI=1S/C24H34N2O2/c1-4-28-23(27)25-24(19(2)3,15-18-26-16-8-5-9-17-26)22-14-10-12-20-11-6-7-13-21(20)22/h6-7,10-14,19H,4-5,8-9,15-18H2,1-3H3,(H,25,27). The monoisotopic (exact) mass is 382 g/mol. The Balaban J connectivity index is 2.01. The van der Waals surface area contributed by atoms with Gasteiger partial charge in [-0.3, -0.25) is 0 Å². The first kappa shape index (κ1) is 20.7. The molecule has 0 saturated carbocycles. The van der Waals surface area contributed by atoms with Gasteiger partial charge in [0.15, 0.2) is 0 Å². The van der Waals surface area contributed by atoms with Gasteiger partial charge in [-0.25, -0.2) is 4.79 Å². The van der Waals surface area contributed by atoms with Crippen molar-refractivity contribution in [2.75, 3.05) is 26.2 Å². The molecule has 0 radical (unpaired) electrons. The number of amides is 1. The summed E-state index contributed by atoms with van der Waals surface area (Å²) < 4.78 is 5.31. The third kappa shape index (κ3) is 4.49. The zero-order valence-corrected chi connectivity index (χ0v) is 17.5. The van der Waals surface area contributed by atoms with Crippen LogP contribution in [0.4, 0.5) is 4.79 Å². The van der Waals surface area contributed by atoms with Crippen LogP contribution in [0.15, 0.2) is 42.5 Å². The van der Waals surface area contributed by atoms with Gasteiger partial charge < -0.3 is 15.0 Å². The van der Waals surface area contributed by atoms with Crippen LogP contribution in [0.5, 0.6) is 0 Å². The first-order chi connectivity index (χ1) is 13.6. The molecule has 2 aromatic carbocycles. The molecule has 1 atom stereocenters. The number of hydrogen-bond donors (Lipinski definition) is 1. The van der Waals surface area contributed by atoms with Crippen LogP contribution >= 0.6 is 0 Å². The number of benzene rings is 2. The molecule has 152 valence electrons. The van der Waals surface area contributed by atoms with Crippen LogP contribution in [0, 0.1) is 5.92 Å². The number of nitrogens with one attached hydrogen (secondary N) is 1. The molecule has 0 aromatic heterocycles. The number of hydrogen-bond acceptors (Lipinski definition) is 3. The highest BCUT2D eigenvalue weighted by Gasteiger charge is 2.39. The summed E-state index contributed by atoms with van der Waals surface area (Å²) >= 11 is 0. The Morgan fingerprint density at radius 2 is 1.82 bits per heavy atom. The van der Waals surface area contributed by atoms with E-state index in [0.717, 1.165) is 26.1 Å². The van der Waals surface area contributed by atoms with E-state index < -0.39 is 5.54 Å². The second-order valence-corrected chi connectivity index (χ2v) is 8.15. The average Bonchev–Trinajstić information content (AvgIpc) is 2.71. The van der Waals surface area contributed by atoms with Crippen molar-refractivity contribution in [3.05, 3.63) is 48.0 Å². The van der Waals surface area contributed by atoms with E-state index in [9.17, 15) is 4.79 Å². The van der Waals surface area contributed by atoms with Crippen molar-refractivity contribution in [3.63, 3.8) is 0 Å². The maximum absolute atomic E-state index is 12.6.